The molecule has 8 heteroatoms. The highest BCUT2D eigenvalue weighted by Gasteiger charge is 2.31. The summed E-state index contributed by atoms with van der Waals surface area (Å²) in [6.07, 6.45) is 8.97. The van der Waals surface area contributed by atoms with Crippen LogP contribution in [0, 0.1) is 0 Å². The van der Waals surface area contributed by atoms with E-state index in [4.69, 9.17) is 0 Å². The number of imidazole rings is 1. The number of hydrogen-bond acceptors (Lipinski definition) is 4. The first kappa shape index (κ1) is 22.9. The van der Waals surface area contributed by atoms with Gasteiger partial charge in [-0.15, -0.1) is 13.2 Å². The number of anilines is 1. The van der Waals surface area contributed by atoms with Crippen molar-refractivity contribution in [2.75, 3.05) is 11.9 Å². The summed E-state index contributed by atoms with van der Waals surface area (Å²) in [6.45, 7) is 3.08. The second-order valence-corrected chi connectivity index (χ2v) is 7.62. The smallest absolute Gasteiger partial charge is 0.406 e. The number of hydrogen-bond donors (Lipinski definition) is 1. The van der Waals surface area contributed by atoms with Gasteiger partial charge in [0.05, 0.1) is 5.69 Å². The lowest BCUT2D eigenvalue weighted by molar-refractivity contribution is -0.274. The molecule has 0 aliphatic carbocycles. The Labute approximate surface area is 180 Å². The SMILES string of the molecule is CCCCCCCCCCNc1ccn2cc(-c3cccc(OC(F)(F)F)c3)nc2n1. The number of nitrogens with one attached hydrogen (secondary N) is 1. The highest BCUT2D eigenvalue weighted by Crippen LogP contribution is 2.27. The number of aromatic nitrogens is 3. The summed E-state index contributed by atoms with van der Waals surface area (Å²) >= 11 is 0. The summed E-state index contributed by atoms with van der Waals surface area (Å²) < 4.78 is 43.1. The van der Waals surface area contributed by atoms with Gasteiger partial charge in [-0.1, -0.05) is 64.0 Å². The molecule has 0 amide bonds. The van der Waals surface area contributed by atoms with Gasteiger partial charge >= 0.3 is 6.36 Å². The van der Waals surface area contributed by atoms with Crippen molar-refractivity contribution in [2.45, 2.75) is 64.7 Å². The van der Waals surface area contributed by atoms with Crippen molar-refractivity contribution < 1.29 is 17.9 Å². The van der Waals surface area contributed by atoms with Crippen LogP contribution in [0.15, 0.2) is 42.7 Å². The average Bonchev–Trinajstić information content (AvgIpc) is 3.15. The lowest BCUT2D eigenvalue weighted by Crippen LogP contribution is -2.17. The largest absolute Gasteiger partial charge is 0.573 e. The Balaban J connectivity index is 1.53. The Morgan fingerprint density at radius 2 is 1.71 bits per heavy atom. The van der Waals surface area contributed by atoms with Gasteiger partial charge < -0.3 is 10.1 Å². The van der Waals surface area contributed by atoms with E-state index in [1.54, 1.807) is 16.7 Å². The Kier molecular flexibility index (Phi) is 8.14. The molecule has 3 rings (SSSR count). The number of benzene rings is 1. The van der Waals surface area contributed by atoms with Crippen molar-refractivity contribution in [3.05, 3.63) is 42.7 Å². The van der Waals surface area contributed by atoms with E-state index < -0.39 is 6.36 Å². The lowest BCUT2D eigenvalue weighted by Gasteiger charge is -2.09. The molecule has 0 radical (unpaired) electrons. The molecule has 3 aromatic rings. The number of nitrogens with zero attached hydrogens (tertiary/aromatic N) is 3. The van der Waals surface area contributed by atoms with Crippen molar-refractivity contribution in [2.24, 2.45) is 0 Å². The molecule has 0 atom stereocenters. The molecular weight excluding hydrogens is 405 g/mol. The summed E-state index contributed by atoms with van der Waals surface area (Å²) in [6, 6.07) is 7.64. The average molecular weight is 435 g/mol. The minimum atomic E-state index is -4.73. The lowest BCUT2D eigenvalue weighted by atomic mass is 10.1. The first-order valence-electron chi connectivity index (χ1n) is 10.9. The van der Waals surface area contributed by atoms with E-state index in [1.807, 2.05) is 12.3 Å². The molecule has 2 heterocycles. The van der Waals surface area contributed by atoms with Gasteiger partial charge in [-0.05, 0) is 24.6 Å². The van der Waals surface area contributed by atoms with Gasteiger partial charge in [0.25, 0.3) is 0 Å². The van der Waals surface area contributed by atoms with Crippen molar-refractivity contribution in [1.29, 1.82) is 0 Å². The van der Waals surface area contributed by atoms with Crippen LogP contribution in [0.3, 0.4) is 0 Å². The van der Waals surface area contributed by atoms with Crippen molar-refractivity contribution in [3.8, 4) is 17.0 Å². The zero-order valence-corrected chi connectivity index (χ0v) is 17.8. The van der Waals surface area contributed by atoms with Gasteiger partial charge in [0.15, 0.2) is 0 Å². The number of halogens is 3. The summed E-state index contributed by atoms with van der Waals surface area (Å²) in [5.41, 5.74) is 1.06. The van der Waals surface area contributed by atoms with Crippen LogP contribution in [0.4, 0.5) is 19.0 Å². The predicted octanol–water partition coefficient (Wildman–Crippen LogP) is 6.85. The Hall–Kier alpha value is -2.77. The highest BCUT2D eigenvalue weighted by atomic mass is 19.4. The third-order valence-electron chi connectivity index (χ3n) is 5.03. The standard InChI is InChI=1S/C23H29F3N4O/c1-2-3-4-5-6-7-8-9-14-27-21-13-15-30-17-20(28-22(30)29-21)18-11-10-12-19(16-18)31-23(24,25)26/h10-13,15-17H,2-9,14H2,1H3,(H,27,28,29). The van der Waals surface area contributed by atoms with E-state index in [1.165, 1.54) is 63.1 Å². The van der Waals surface area contributed by atoms with Crippen LogP contribution in [0.5, 0.6) is 5.75 Å². The molecule has 0 aliphatic rings. The Morgan fingerprint density at radius 1 is 0.968 bits per heavy atom. The van der Waals surface area contributed by atoms with E-state index in [9.17, 15) is 13.2 Å². The quantitative estimate of drug-likeness (QED) is 0.317. The maximum absolute atomic E-state index is 12.5. The van der Waals surface area contributed by atoms with E-state index >= 15 is 0 Å². The molecule has 0 fully saturated rings. The van der Waals surface area contributed by atoms with Crippen LogP contribution in [0.1, 0.15) is 58.3 Å². The summed E-state index contributed by atoms with van der Waals surface area (Å²) in [5, 5.41) is 3.32. The maximum atomic E-state index is 12.5. The Morgan fingerprint density at radius 3 is 2.45 bits per heavy atom. The van der Waals surface area contributed by atoms with E-state index in [-0.39, 0.29) is 5.75 Å². The van der Waals surface area contributed by atoms with Gasteiger partial charge in [0.1, 0.15) is 11.6 Å². The number of unbranched alkanes of at least 4 members (excludes halogenated alkanes) is 7. The van der Waals surface area contributed by atoms with E-state index in [0.717, 1.165) is 18.8 Å². The zero-order chi connectivity index (χ0) is 22.1. The van der Waals surface area contributed by atoms with Gasteiger partial charge in [0.2, 0.25) is 5.78 Å². The minimum Gasteiger partial charge on any atom is -0.406 e. The van der Waals surface area contributed by atoms with Crippen LogP contribution in [0.2, 0.25) is 0 Å². The third kappa shape index (κ3) is 7.45. The highest BCUT2D eigenvalue weighted by molar-refractivity contribution is 5.63. The van der Waals surface area contributed by atoms with Crippen LogP contribution in [0.25, 0.3) is 17.0 Å². The first-order valence-corrected chi connectivity index (χ1v) is 10.9. The molecule has 168 valence electrons. The molecule has 0 unspecified atom stereocenters. The van der Waals surface area contributed by atoms with Gasteiger partial charge in [-0.3, -0.25) is 4.40 Å². The Bertz CT molecular complexity index is 955. The zero-order valence-electron chi connectivity index (χ0n) is 17.8. The van der Waals surface area contributed by atoms with Crippen LogP contribution in [-0.4, -0.2) is 27.3 Å². The molecular formula is C23H29F3N4O. The third-order valence-corrected chi connectivity index (χ3v) is 5.03. The number of fused-ring (bicyclic) bond motifs is 1. The normalized spacial score (nSPS) is 11.7. The topological polar surface area (TPSA) is 51.5 Å². The monoisotopic (exact) mass is 434 g/mol. The van der Waals surface area contributed by atoms with E-state index in [0.29, 0.717) is 17.0 Å². The molecule has 0 bridgehead atoms. The molecule has 31 heavy (non-hydrogen) atoms. The summed E-state index contributed by atoms with van der Waals surface area (Å²) in [5.74, 6) is 0.947. The van der Waals surface area contributed by atoms with Crippen LogP contribution < -0.4 is 10.1 Å². The molecule has 1 N–H and O–H groups in total. The number of ether oxygens (including phenoxy) is 1. The molecule has 5 nitrogen and oxygen atoms in total. The van der Waals surface area contributed by atoms with Crippen molar-refractivity contribution >= 4 is 11.6 Å². The van der Waals surface area contributed by atoms with Crippen molar-refractivity contribution in [3.63, 3.8) is 0 Å². The van der Waals surface area contributed by atoms with Gasteiger partial charge in [-0.2, -0.15) is 4.98 Å². The van der Waals surface area contributed by atoms with Gasteiger partial charge in [-0.25, -0.2) is 4.98 Å². The maximum Gasteiger partial charge on any atom is 0.573 e. The molecule has 0 saturated heterocycles. The predicted molar refractivity (Wildman–Crippen MR) is 116 cm³/mol. The number of alkyl halides is 3. The molecule has 0 spiro atoms. The molecule has 2 aromatic heterocycles. The summed E-state index contributed by atoms with van der Waals surface area (Å²) in [7, 11) is 0. The summed E-state index contributed by atoms with van der Waals surface area (Å²) in [4.78, 5) is 8.95. The number of rotatable bonds is 12. The fourth-order valence-electron chi connectivity index (χ4n) is 3.44. The molecule has 0 saturated carbocycles. The molecule has 0 aliphatic heterocycles. The van der Waals surface area contributed by atoms with Crippen LogP contribution in [-0.2, 0) is 0 Å². The fraction of sp³-hybridized carbons (Fsp3) is 0.478. The second-order valence-electron chi connectivity index (χ2n) is 7.62. The first-order chi connectivity index (χ1) is 14.9. The minimum absolute atomic E-state index is 0.275. The van der Waals surface area contributed by atoms with E-state index in [2.05, 4.69) is 26.9 Å². The molecule has 1 aromatic carbocycles. The van der Waals surface area contributed by atoms with Crippen molar-refractivity contribution in [1.82, 2.24) is 14.4 Å². The fourth-order valence-corrected chi connectivity index (χ4v) is 3.44. The second kappa shape index (κ2) is 11.0. The van der Waals surface area contributed by atoms with Gasteiger partial charge in [0, 0.05) is 24.5 Å². The van der Waals surface area contributed by atoms with Crippen LogP contribution >= 0.6 is 0 Å².